The molecule has 0 bridgehead atoms. The minimum absolute atomic E-state index is 0.0870. The summed E-state index contributed by atoms with van der Waals surface area (Å²) in [7, 11) is 0. The van der Waals surface area contributed by atoms with Crippen LogP contribution in [-0.2, 0) is 0 Å². The Balaban J connectivity index is 2.33. The van der Waals surface area contributed by atoms with Crippen LogP contribution in [0.1, 0.15) is 17.3 Å². The number of hydrogen-bond donors (Lipinski definition) is 1. The summed E-state index contributed by atoms with van der Waals surface area (Å²) in [5.41, 5.74) is 1.43. The van der Waals surface area contributed by atoms with E-state index in [4.69, 9.17) is 11.2 Å². The standard InChI is InChI=1S/C14H16N2O2/c1-3-9-16(4-2)14(17)11-6-5-7-12-13(11)18-10-8-15-12/h1,5-7,15H,4,8-10H2,2H3. The van der Waals surface area contributed by atoms with E-state index in [1.165, 1.54) is 0 Å². The third-order valence-corrected chi connectivity index (χ3v) is 2.86. The van der Waals surface area contributed by atoms with Gasteiger partial charge >= 0.3 is 0 Å². The molecule has 0 aliphatic carbocycles. The molecule has 1 N–H and O–H groups in total. The molecule has 1 aliphatic heterocycles. The average molecular weight is 244 g/mol. The largest absolute Gasteiger partial charge is 0.489 e. The molecule has 4 nitrogen and oxygen atoms in total. The van der Waals surface area contributed by atoms with Gasteiger partial charge in [0.15, 0.2) is 5.75 Å². The quantitative estimate of drug-likeness (QED) is 0.821. The summed E-state index contributed by atoms with van der Waals surface area (Å²) >= 11 is 0. The molecule has 1 aromatic rings. The van der Waals surface area contributed by atoms with Crippen molar-refractivity contribution in [2.75, 3.05) is 31.6 Å². The number of nitrogens with one attached hydrogen (secondary N) is 1. The molecular weight excluding hydrogens is 228 g/mol. The number of benzene rings is 1. The number of fused-ring (bicyclic) bond motifs is 1. The molecule has 2 rings (SSSR count). The lowest BCUT2D eigenvalue weighted by Gasteiger charge is -2.24. The first-order valence-corrected chi connectivity index (χ1v) is 6.00. The Morgan fingerprint density at radius 1 is 1.61 bits per heavy atom. The topological polar surface area (TPSA) is 41.6 Å². The highest BCUT2D eigenvalue weighted by Crippen LogP contribution is 2.31. The zero-order chi connectivity index (χ0) is 13.0. The highest BCUT2D eigenvalue weighted by molar-refractivity contribution is 5.99. The van der Waals surface area contributed by atoms with Gasteiger partial charge < -0.3 is 15.0 Å². The Hall–Kier alpha value is -2.15. The minimum atomic E-state index is -0.0870. The van der Waals surface area contributed by atoms with Crippen LogP contribution >= 0.6 is 0 Å². The molecule has 18 heavy (non-hydrogen) atoms. The summed E-state index contributed by atoms with van der Waals surface area (Å²) in [5.74, 6) is 3.04. The van der Waals surface area contributed by atoms with Gasteiger partial charge in [0.2, 0.25) is 0 Å². The van der Waals surface area contributed by atoms with Crippen LogP contribution in [0, 0.1) is 12.3 Å². The molecule has 0 radical (unpaired) electrons. The van der Waals surface area contributed by atoms with E-state index >= 15 is 0 Å². The number of amides is 1. The van der Waals surface area contributed by atoms with Gasteiger partial charge in [-0.1, -0.05) is 12.0 Å². The van der Waals surface area contributed by atoms with Crippen molar-refractivity contribution in [2.24, 2.45) is 0 Å². The molecule has 0 aromatic heterocycles. The number of hydrogen-bond acceptors (Lipinski definition) is 3. The third-order valence-electron chi connectivity index (χ3n) is 2.86. The van der Waals surface area contributed by atoms with E-state index in [-0.39, 0.29) is 5.91 Å². The van der Waals surface area contributed by atoms with Crippen molar-refractivity contribution < 1.29 is 9.53 Å². The van der Waals surface area contributed by atoms with Crippen molar-refractivity contribution in [1.82, 2.24) is 4.90 Å². The average Bonchev–Trinajstić information content (AvgIpc) is 2.43. The molecule has 1 heterocycles. The Kier molecular flexibility index (Phi) is 3.73. The van der Waals surface area contributed by atoms with Crippen molar-refractivity contribution in [3.8, 4) is 18.1 Å². The summed E-state index contributed by atoms with van der Waals surface area (Å²) in [6.45, 7) is 4.13. The fourth-order valence-electron chi connectivity index (χ4n) is 1.95. The smallest absolute Gasteiger partial charge is 0.258 e. The van der Waals surface area contributed by atoms with Gasteiger partial charge in [0.1, 0.15) is 6.61 Å². The summed E-state index contributed by atoms with van der Waals surface area (Å²) in [6, 6.07) is 5.52. The predicted octanol–water partition coefficient (Wildman–Crippen LogP) is 1.59. The molecule has 1 amide bonds. The van der Waals surface area contributed by atoms with Gasteiger partial charge in [-0.25, -0.2) is 0 Å². The van der Waals surface area contributed by atoms with Crippen molar-refractivity contribution in [1.29, 1.82) is 0 Å². The monoisotopic (exact) mass is 244 g/mol. The molecular formula is C14H16N2O2. The zero-order valence-corrected chi connectivity index (χ0v) is 10.4. The lowest BCUT2D eigenvalue weighted by atomic mass is 10.1. The Bertz CT molecular complexity index is 491. The predicted molar refractivity (Wildman–Crippen MR) is 70.8 cm³/mol. The van der Waals surface area contributed by atoms with Gasteiger partial charge in [-0.2, -0.15) is 0 Å². The number of carbonyl (C=O) groups is 1. The molecule has 0 saturated carbocycles. The number of terminal acetylenes is 1. The van der Waals surface area contributed by atoms with Crippen LogP contribution in [0.3, 0.4) is 0 Å². The Morgan fingerprint density at radius 2 is 2.44 bits per heavy atom. The second kappa shape index (κ2) is 5.46. The van der Waals surface area contributed by atoms with Gasteiger partial charge in [0.05, 0.1) is 17.8 Å². The van der Waals surface area contributed by atoms with Crippen molar-refractivity contribution in [3.63, 3.8) is 0 Å². The maximum absolute atomic E-state index is 12.4. The maximum atomic E-state index is 12.4. The van der Waals surface area contributed by atoms with Crippen LogP contribution in [0.25, 0.3) is 0 Å². The van der Waals surface area contributed by atoms with Gasteiger partial charge in [-0.15, -0.1) is 6.42 Å². The van der Waals surface area contributed by atoms with Crippen LogP contribution in [0.5, 0.6) is 5.75 Å². The van der Waals surface area contributed by atoms with E-state index in [1.807, 2.05) is 19.1 Å². The fourth-order valence-corrected chi connectivity index (χ4v) is 1.95. The van der Waals surface area contributed by atoms with Crippen molar-refractivity contribution >= 4 is 11.6 Å². The highest BCUT2D eigenvalue weighted by atomic mass is 16.5. The van der Waals surface area contributed by atoms with E-state index in [0.29, 0.717) is 31.0 Å². The maximum Gasteiger partial charge on any atom is 0.258 e. The molecule has 94 valence electrons. The summed E-state index contributed by atoms with van der Waals surface area (Å²) in [5, 5.41) is 3.21. The molecule has 0 saturated heterocycles. The first kappa shape index (κ1) is 12.3. The van der Waals surface area contributed by atoms with Gasteiger partial charge in [0, 0.05) is 13.1 Å². The molecule has 4 heteroatoms. The number of para-hydroxylation sites is 1. The first-order chi connectivity index (χ1) is 8.77. The van der Waals surface area contributed by atoms with Crippen LogP contribution in [0.2, 0.25) is 0 Å². The number of ether oxygens (including phenoxy) is 1. The van der Waals surface area contributed by atoms with Gasteiger partial charge in [-0.3, -0.25) is 4.79 Å². The fraction of sp³-hybridized carbons (Fsp3) is 0.357. The molecule has 0 fully saturated rings. The Morgan fingerprint density at radius 3 is 3.17 bits per heavy atom. The molecule has 1 aromatic carbocycles. The summed E-state index contributed by atoms with van der Waals surface area (Å²) < 4.78 is 5.59. The van der Waals surface area contributed by atoms with E-state index in [1.54, 1.807) is 11.0 Å². The zero-order valence-electron chi connectivity index (χ0n) is 10.4. The highest BCUT2D eigenvalue weighted by Gasteiger charge is 2.22. The minimum Gasteiger partial charge on any atom is -0.489 e. The molecule has 0 spiro atoms. The van der Waals surface area contributed by atoms with E-state index in [0.717, 1.165) is 12.2 Å². The third kappa shape index (κ3) is 2.25. The summed E-state index contributed by atoms with van der Waals surface area (Å²) in [6.07, 6.45) is 5.27. The van der Waals surface area contributed by atoms with Crippen LogP contribution in [0.4, 0.5) is 5.69 Å². The molecule has 0 unspecified atom stereocenters. The van der Waals surface area contributed by atoms with Gasteiger partial charge in [0.25, 0.3) is 5.91 Å². The van der Waals surface area contributed by atoms with Crippen LogP contribution < -0.4 is 10.1 Å². The second-order valence-electron chi connectivity index (χ2n) is 3.98. The van der Waals surface area contributed by atoms with Crippen LogP contribution in [-0.4, -0.2) is 37.0 Å². The molecule has 0 atom stereocenters. The van der Waals surface area contributed by atoms with E-state index < -0.39 is 0 Å². The number of rotatable bonds is 3. The normalized spacial score (nSPS) is 12.7. The lowest BCUT2D eigenvalue weighted by molar-refractivity contribution is 0.0780. The van der Waals surface area contributed by atoms with Crippen molar-refractivity contribution in [3.05, 3.63) is 23.8 Å². The van der Waals surface area contributed by atoms with Gasteiger partial charge in [-0.05, 0) is 19.1 Å². The number of anilines is 1. The number of nitrogens with zero attached hydrogens (tertiary/aromatic N) is 1. The van der Waals surface area contributed by atoms with E-state index in [9.17, 15) is 4.79 Å². The SMILES string of the molecule is C#CCN(CC)C(=O)c1cccc2c1OCCN2. The first-order valence-electron chi connectivity index (χ1n) is 6.00. The number of carbonyl (C=O) groups excluding carboxylic acids is 1. The Labute approximate surface area is 107 Å². The van der Waals surface area contributed by atoms with E-state index in [2.05, 4.69) is 11.2 Å². The van der Waals surface area contributed by atoms with Crippen molar-refractivity contribution in [2.45, 2.75) is 6.92 Å². The molecule has 1 aliphatic rings. The van der Waals surface area contributed by atoms with Crippen LogP contribution in [0.15, 0.2) is 18.2 Å². The lowest BCUT2D eigenvalue weighted by Crippen LogP contribution is -2.32. The summed E-state index contributed by atoms with van der Waals surface area (Å²) in [4.78, 5) is 14.0. The second-order valence-corrected chi connectivity index (χ2v) is 3.98.